The van der Waals surface area contributed by atoms with Crippen molar-refractivity contribution < 1.29 is 51.1 Å². The zero-order valence-corrected chi connectivity index (χ0v) is 23.6. The van der Waals surface area contributed by atoms with Crippen LogP contribution in [0.3, 0.4) is 0 Å². The Kier molecular flexibility index (Phi) is 12.6. The summed E-state index contributed by atoms with van der Waals surface area (Å²) in [4.78, 5) is 10.3. The molecule has 2 rings (SSSR count). The van der Waals surface area contributed by atoms with Crippen LogP contribution in [0.25, 0.3) is 0 Å². The van der Waals surface area contributed by atoms with E-state index in [1.54, 1.807) is 0 Å². The second-order valence-corrected chi connectivity index (χ2v) is 14.5. The van der Waals surface area contributed by atoms with Gasteiger partial charge in [-0.3, -0.25) is 18.1 Å². The lowest BCUT2D eigenvalue weighted by atomic mass is 9.96. The van der Waals surface area contributed by atoms with Gasteiger partial charge in [-0.25, -0.2) is 9.13 Å². The van der Waals surface area contributed by atoms with E-state index in [2.05, 4.69) is 0 Å². The van der Waals surface area contributed by atoms with Gasteiger partial charge >= 0.3 is 14.6 Å². The van der Waals surface area contributed by atoms with Crippen molar-refractivity contribution in [3.63, 3.8) is 0 Å². The molecule has 8 atom stereocenters. The molecule has 0 aromatic rings. The van der Waals surface area contributed by atoms with Crippen molar-refractivity contribution in [3.05, 3.63) is 0 Å². The Balaban J connectivity index is 1.83. The minimum absolute atomic E-state index is 0.00268. The minimum atomic E-state index is -4.14. The summed E-state index contributed by atoms with van der Waals surface area (Å²) in [6.07, 6.45) is -0.550. The van der Waals surface area contributed by atoms with Crippen molar-refractivity contribution >= 4 is 41.7 Å². The fraction of sp³-hybridized carbons (Fsp3) is 1.00. The molecule has 2 aliphatic heterocycles. The standard InChI is InChI=1S/C18H38B2O11P2S/c1-11(2)25-8-15-14(7-18(20)29-15)31-32(21,22)34-10-27-33(23,24-5)26-9-16-13(28-12(3)4)6-17(19)30-16/h11-18H,6-10,19-20H2,1-5H3,(H,21,22)/t13?,14?,15-,16-,17-,18-,33?/m1/s1. The summed E-state index contributed by atoms with van der Waals surface area (Å²) < 4.78 is 69.3. The van der Waals surface area contributed by atoms with Gasteiger partial charge in [0.2, 0.25) is 0 Å². The highest BCUT2D eigenvalue weighted by Crippen LogP contribution is 2.60. The Labute approximate surface area is 208 Å². The Bertz CT molecular complexity index is 719. The molecule has 198 valence electrons. The van der Waals surface area contributed by atoms with Gasteiger partial charge in [-0.1, -0.05) is 0 Å². The van der Waals surface area contributed by atoms with E-state index < -0.39 is 38.9 Å². The number of rotatable bonds is 15. The summed E-state index contributed by atoms with van der Waals surface area (Å²) in [5.74, 6) is -0.441. The first kappa shape index (κ1) is 30.8. The molecular weight excluding hydrogens is 508 g/mol. The van der Waals surface area contributed by atoms with E-state index >= 15 is 0 Å². The van der Waals surface area contributed by atoms with E-state index in [0.717, 1.165) is 0 Å². The molecule has 34 heavy (non-hydrogen) atoms. The Hall–Kier alpha value is 0.580. The SMILES string of the molecule is B[C@H]1CC(OC(C)C)[C@@H](COP(=O)(OC)OCSP(=O)(O)OC2C[C@H](B)O[C@@H]2COC(C)C)O1. The number of hydrogen-bond acceptors (Lipinski definition) is 11. The summed E-state index contributed by atoms with van der Waals surface area (Å²) >= 11 is 0.485. The molecule has 4 unspecified atom stereocenters. The van der Waals surface area contributed by atoms with Crippen LogP contribution in [0.15, 0.2) is 0 Å². The Morgan fingerprint density at radius 1 is 0.971 bits per heavy atom. The van der Waals surface area contributed by atoms with Crippen LogP contribution in [0.2, 0.25) is 0 Å². The van der Waals surface area contributed by atoms with Crippen LogP contribution in [0.4, 0.5) is 0 Å². The van der Waals surface area contributed by atoms with Gasteiger partial charge in [0.05, 0.1) is 37.6 Å². The van der Waals surface area contributed by atoms with Crippen molar-refractivity contribution in [2.75, 3.05) is 26.3 Å². The molecule has 0 aromatic heterocycles. The van der Waals surface area contributed by atoms with E-state index in [0.29, 0.717) is 24.2 Å². The second kappa shape index (κ2) is 13.9. The molecule has 0 amide bonds. The number of ether oxygens (including phenoxy) is 4. The molecule has 0 aliphatic carbocycles. The van der Waals surface area contributed by atoms with Gasteiger partial charge in [-0.2, -0.15) is 0 Å². The molecule has 0 aromatic carbocycles. The summed E-state index contributed by atoms with van der Waals surface area (Å²) in [6, 6.07) is -0.150. The van der Waals surface area contributed by atoms with Gasteiger partial charge in [0.1, 0.15) is 33.8 Å². The van der Waals surface area contributed by atoms with Crippen molar-refractivity contribution in [2.24, 2.45) is 0 Å². The van der Waals surface area contributed by atoms with Crippen molar-refractivity contribution in [1.29, 1.82) is 0 Å². The van der Waals surface area contributed by atoms with Gasteiger partial charge < -0.3 is 23.8 Å². The highest BCUT2D eigenvalue weighted by atomic mass is 32.7. The quantitative estimate of drug-likeness (QED) is 0.182. The molecule has 16 heteroatoms. The van der Waals surface area contributed by atoms with E-state index in [1.807, 2.05) is 43.4 Å². The zero-order chi connectivity index (χ0) is 25.5. The van der Waals surface area contributed by atoms with Gasteiger partial charge in [-0.15, -0.1) is 0 Å². The second-order valence-electron chi connectivity index (χ2n) is 8.96. The number of phosphoric acid groups is 1. The average molecular weight is 546 g/mol. The molecule has 2 fully saturated rings. The maximum absolute atomic E-state index is 12.8. The smallest absolute Gasteiger partial charge is 0.379 e. The first-order valence-electron chi connectivity index (χ1n) is 11.5. The molecule has 0 saturated carbocycles. The van der Waals surface area contributed by atoms with Gasteiger partial charge in [0.15, 0.2) is 0 Å². The van der Waals surface area contributed by atoms with Crippen LogP contribution >= 0.6 is 26.0 Å². The molecule has 0 spiro atoms. The summed E-state index contributed by atoms with van der Waals surface area (Å²) in [5.41, 5.74) is 0. The van der Waals surface area contributed by atoms with Crippen LogP contribution < -0.4 is 0 Å². The predicted molar refractivity (Wildman–Crippen MR) is 134 cm³/mol. The first-order valence-corrected chi connectivity index (χ1v) is 16.1. The molecule has 1 N–H and O–H groups in total. The molecule has 2 aliphatic rings. The van der Waals surface area contributed by atoms with Gasteiger partial charge in [0.25, 0.3) is 0 Å². The zero-order valence-electron chi connectivity index (χ0n) is 21.0. The van der Waals surface area contributed by atoms with Crippen molar-refractivity contribution in [3.8, 4) is 0 Å². The van der Waals surface area contributed by atoms with E-state index in [9.17, 15) is 14.0 Å². The first-order chi connectivity index (χ1) is 15.8. The third-order valence-corrected chi connectivity index (χ3v) is 9.30. The third-order valence-electron chi connectivity index (χ3n) is 5.13. The molecule has 2 saturated heterocycles. The Morgan fingerprint density at radius 2 is 1.56 bits per heavy atom. The highest BCUT2D eigenvalue weighted by Gasteiger charge is 2.40. The summed E-state index contributed by atoms with van der Waals surface area (Å²) in [7, 11) is 0.978. The predicted octanol–water partition coefficient (Wildman–Crippen LogP) is 1.67. The van der Waals surface area contributed by atoms with Gasteiger partial charge in [-0.05, 0) is 51.9 Å². The summed E-state index contributed by atoms with van der Waals surface area (Å²) in [6.45, 7) is 3.68. The molecular formula is C18H38B2O11P2S. The van der Waals surface area contributed by atoms with Gasteiger partial charge in [0, 0.05) is 19.1 Å². The maximum atomic E-state index is 12.8. The van der Waals surface area contributed by atoms with Crippen LogP contribution in [0, 0.1) is 0 Å². The molecule has 0 radical (unpaired) electrons. The van der Waals surface area contributed by atoms with E-state index in [1.165, 1.54) is 7.11 Å². The van der Waals surface area contributed by atoms with Crippen molar-refractivity contribution in [1.82, 2.24) is 0 Å². The van der Waals surface area contributed by atoms with Crippen molar-refractivity contribution in [2.45, 2.75) is 89.2 Å². The largest absolute Gasteiger partial charge is 0.475 e. The molecule has 2 heterocycles. The fourth-order valence-electron chi connectivity index (χ4n) is 3.69. The highest BCUT2D eigenvalue weighted by molar-refractivity contribution is 8.54. The molecule has 11 nitrogen and oxygen atoms in total. The van der Waals surface area contributed by atoms with E-state index in [4.69, 9.17) is 37.0 Å². The van der Waals surface area contributed by atoms with Crippen LogP contribution in [0.5, 0.6) is 0 Å². The maximum Gasteiger partial charge on any atom is 0.475 e. The normalized spacial score (nSPS) is 33.4. The fourth-order valence-corrected chi connectivity index (χ4v) is 7.10. The lowest BCUT2D eigenvalue weighted by Gasteiger charge is -2.24. The molecule has 0 bridgehead atoms. The number of phosphoric ester groups is 1. The monoisotopic (exact) mass is 546 g/mol. The van der Waals surface area contributed by atoms with Crippen LogP contribution in [-0.4, -0.2) is 95.5 Å². The lowest BCUT2D eigenvalue weighted by Crippen LogP contribution is -2.31. The summed E-state index contributed by atoms with van der Waals surface area (Å²) in [5, 5.41) is 0. The number of hydrogen-bond donors (Lipinski definition) is 1. The van der Waals surface area contributed by atoms with E-state index in [-0.39, 0.29) is 43.5 Å². The minimum Gasteiger partial charge on any atom is -0.379 e. The average Bonchev–Trinajstić information content (AvgIpc) is 3.24. The third kappa shape index (κ3) is 10.5. The lowest BCUT2D eigenvalue weighted by molar-refractivity contribution is -0.0583. The van der Waals surface area contributed by atoms with Crippen LogP contribution in [-0.2, 0) is 46.2 Å². The Morgan fingerprint density at radius 3 is 2.12 bits per heavy atom. The van der Waals surface area contributed by atoms with Crippen LogP contribution in [0.1, 0.15) is 40.5 Å². The topological polar surface area (TPSA) is 128 Å².